The zero-order chi connectivity index (χ0) is 35.3. The van der Waals surface area contributed by atoms with Gasteiger partial charge in [-0.3, -0.25) is 0 Å². The van der Waals surface area contributed by atoms with Crippen LogP contribution in [-0.4, -0.2) is 73.2 Å². The van der Waals surface area contributed by atoms with Crippen LogP contribution in [0.15, 0.2) is 36.9 Å². The van der Waals surface area contributed by atoms with Gasteiger partial charge in [-0.2, -0.15) is 0 Å². The minimum absolute atomic E-state index is 0.00785. The molecule has 4 aromatic rings. The average Bonchev–Trinajstić information content (AvgIpc) is 3.56. The standard InChI is InChI=1S/C40H53N7O2/c1-36(2,3)28-16-25(14-13-15-45(12)35-31-34(42-23-41-31)43-24-44-35)32-27(18-28)21-47-39(10,11)22-46-20-26-17-29(37(4,5)6)19-30(38(7,8)9)33(26)49-40(46,47)48-32/h16-21,23-24H,13-15,22H2,1-12H3,(H,41,42,43,44)/q+2. The lowest BCUT2D eigenvalue weighted by atomic mass is 9.79. The molecule has 0 amide bonds. The Morgan fingerprint density at radius 3 is 2.14 bits per heavy atom. The molecule has 1 unspecified atom stereocenters. The fourth-order valence-electron chi connectivity index (χ4n) is 7.36. The van der Waals surface area contributed by atoms with Crippen molar-refractivity contribution in [2.24, 2.45) is 0 Å². The van der Waals surface area contributed by atoms with E-state index >= 15 is 0 Å². The van der Waals surface area contributed by atoms with E-state index in [1.54, 1.807) is 12.7 Å². The Morgan fingerprint density at radius 1 is 0.816 bits per heavy atom. The predicted molar refractivity (Wildman–Crippen MR) is 196 cm³/mol. The van der Waals surface area contributed by atoms with Crippen LogP contribution in [0.1, 0.15) is 116 Å². The van der Waals surface area contributed by atoms with Crippen molar-refractivity contribution in [3.8, 4) is 11.5 Å². The summed E-state index contributed by atoms with van der Waals surface area (Å²) >= 11 is 0. The topological polar surface area (TPSA) is 82.2 Å². The second-order valence-electron chi connectivity index (χ2n) is 17.9. The van der Waals surface area contributed by atoms with Gasteiger partial charge >= 0.3 is 6.03 Å². The smallest absolute Gasteiger partial charge is 0.358 e. The third kappa shape index (κ3) is 5.59. The number of aromatic nitrogens is 4. The first kappa shape index (κ1) is 33.2. The summed E-state index contributed by atoms with van der Waals surface area (Å²) in [5.41, 5.74) is 8.33. The molecule has 1 atom stereocenters. The highest BCUT2D eigenvalue weighted by Gasteiger charge is 2.75. The maximum Gasteiger partial charge on any atom is 0.704 e. The fraction of sp³-hybridized carbons (Fsp3) is 0.525. The molecular formula is C40H53N7O2+2. The molecule has 0 saturated carbocycles. The maximum absolute atomic E-state index is 7.31. The van der Waals surface area contributed by atoms with Gasteiger partial charge in [-0.05, 0) is 57.9 Å². The third-order valence-electron chi connectivity index (χ3n) is 10.3. The summed E-state index contributed by atoms with van der Waals surface area (Å²) in [6.07, 6.45) is 9.56. The van der Waals surface area contributed by atoms with E-state index in [-0.39, 0.29) is 21.8 Å². The van der Waals surface area contributed by atoms with Crippen LogP contribution in [-0.2, 0) is 22.7 Å². The van der Waals surface area contributed by atoms with Crippen LogP contribution in [0.5, 0.6) is 11.5 Å². The van der Waals surface area contributed by atoms with Crippen LogP contribution in [0.25, 0.3) is 11.2 Å². The van der Waals surface area contributed by atoms with Gasteiger partial charge in [0.1, 0.15) is 11.8 Å². The molecule has 1 saturated heterocycles. The van der Waals surface area contributed by atoms with Crippen molar-refractivity contribution in [1.82, 2.24) is 19.9 Å². The molecule has 2 aromatic heterocycles. The molecule has 0 radical (unpaired) electrons. The maximum atomic E-state index is 7.31. The van der Waals surface area contributed by atoms with Gasteiger partial charge in [0.2, 0.25) is 12.1 Å². The van der Waals surface area contributed by atoms with E-state index in [9.17, 15) is 0 Å². The second kappa shape index (κ2) is 10.9. The zero-order valence-corrected chi connectivity index (χ0v) is 31.4. The van der Waals surface area contributed by atoms with Gasteiger partial charge in [0.15, 0.2) is 35.4 Å². The molecule has 0 aliphatic carbocycles. The van der Waals surface area contributed by atoms with Gasteiger partial charge in [0.05, 0.1) is 17.5 Å². The molecule has 1 spiro atoms. The van der Waals surface area contributed by atoms with Gasteiger partial charge in [0, 0.05) is 33.0 Å². The molecule has 258 valence electrons. The summed E-state index contributed by atoms with van der Waals surface area (Å²) in [5.74, 6) is 2.65. The van der Waals surface area contributed by atoms with E-state index in [0.717, 1.165) is 59.9 Å². The molecule has 9 nitrogen and oxygen atoms in total. The first-order valence-corrected chi connectivity index (χ1v) is 17.6. The van der Waals surface area contributed by atoms with E-state index in [1.807, 2.05) is 0 Å². The van der Waals surface area contributed by atoms with Crippen molar-refractivity contribution < 1.29 is 18.6 Å². The van der Waals surface area contributed by atoms with Crippen LogP contribution < -0.4 is 14.4 Å². The van der Waals surface area contributed by atoms with E-state index in [0.29, 0.717) is 5.65 Å². The molecule has 2 aromatic carbocycles. The van der Waals surface area contributed by atoms with Crippen molar-refractivity contribution in [1.29, 1.82) is 0 Å². The lowest BCUT2D eigenvalue weighted by molar-refractivity contribution is -0.867. The highest BCUT2D eigenvalue weighted by Crippen LogP contribution is 2.47. The number of imidazole rings is 1. The molecule has 49 heavy (non-hydrogen) atoms. The Hall–Kier alpha value is -4.27. The molecule has 0 bridgehead atoms. The summed E-state index contributed by atoms with van der Waals surface area (Å²) in [5, 5.41) is 0. The van der Waals surface area contributed by atoms with E-state index < -0.39 is 6.03 Å². The van der Waals surface area contributed by atoms with Crippen molar-refractivity contribution in [2.45, 2.75) is 117 Å². The van der Waals surface area contributed by atoms with E-state index in [1.165, 1.54) is 22.3 Å². The predicted octanol–water partition coefficient (Wildman–Crippen LogP) is 7.07. The second-order valence-corrected chi connectivity index (χ2v) is 17.9. The Morgan fingerprint density at radius 2 is 1.47 bits per heavy atom. The molecule has 3 aliphatic heterocycles. The quantitative estimate of drug-likeness (QED) is 0.230. The Kier molecular flexibility index (Phi) is 7.37. The molecule has 5 heterocycles. The molecule has 1 fully saturated rings. The van der Waals surface area contributed by atoms with Crippen LogP contribution >= 0.6 is 0 Å². The summed E-state index contributed by atoms with van der Waals surface area (Å²) in [7, 11) is 2.07. The highest BCUT2D eigenvalue weighted by molar-refractivity contribution is 5.85. The van der Waals surface area contributed by atoms with E-state index in [2.05, 4.69) is 154 Å². The van der Waals surface area contributed by atoms with Crippen molar-refractivity contribution in [3.05, 3.63) is 70.3 Å². The molecular weight excluding hydrogens is 610 g/mol. The summed E-state index contributed by atoms with van der Waals surface area (Å²) in [6.45, 7) is 26.6. The van der Waals surface area contributed by atoms with Gasteiger partial charge in [-0.15, -0.1) is 0 Å². The number of H-pyrrole nitrogens is 1. The molecule has 9 heteroatoms. The average molecular weight is 664 g/mol. The number of anilines is 1. The van der Waals surface area contributed by atoms with E-state index in [4.69, 9.17) is 9.47 Å². The number of hydrogen-bond acceptors (Lipinski definition) is 6. The number of benzene rings is 2. The summed E-state index contributed by atoms with van der Waals surface area (Å²) < 4.78 is 19.2. The van der Waals surface area contributed by atoms with Crippen molar-refractivity contribution in [3.63, 3.8) is 0 Å². The number of ether oxygens (including phenoxy) is 2. The van der Waals surface area contributed by atoms with Gasteiger partial charge in [0.25, 0.3) is 0 Å². The Balaban J connectivity index is 1.30. The Labute approximate surface area is 291 Å². The van der Waals surface area contributed by atoms with Crippen molar-refractivity contribution in [2.75, 3.05) is 25.0 Å². The fourth-order valence-corrected chi connectivity index (χ4v) is 7.36. The lowest BCUT2D eigenvalue weighted by Crippen LogP contribution is -2.61. The van der Waals surface area contributed by atoms with Crippen LogP contribution in [0.3, 0.4) is 0 Å². The lowest BCUT2D eigenvalue weighted by Gasteiger charge is -2.34. The van der Waals surface area contributed by atoms with Crippen LogP contribution in [0.4, 0.5) is 5.82 Å². The van der Waals surface area contributed by atoms with Crippen molar-refractivity contribution >= 4 is 29.4 Å². The number of aryl methyl sites for hydroxylation is 1. The number of nitrogens with zero attached hydrogens (tertiary/aromatic N) is 6. The largest absolute Gasteiger partial charge is 0.704 e. The summed E-state index contributed by atoms with van der Waals surface area (Å²) in [4.78, 5) is 18.5. The third-order valence-corrected chi connectivity index (χ3v) is 10.3. The molecule has 7 rings (SSSR count). The normalized spacial score (nSPS) is 19.6. The van der Waals surface area contributed by atoms with Gasteiger partial charge in [-0.25, -0.2) is 15.0 Å². The number of hydrogen-bond donors (Lipinski definition) is 1. The van der Waals surface area contributed by atoms with Gasteiger partial charge in [-0.1, -0.05) is 83.6 Å². The number of nitrogens with one attached hydrogen (secondary N) is 1. The minimum Gasteiger partial charge on any atom is -0.358 e. The zero-order valence-electron chi connectivity index (χ0n) is 31.4. The SMILES string of the molecule is CN(CCCc1cc(C(C)(C)C)cc2c1OC13Oc4c(cc(C(C)(C)C)cc4C(C)(C)C)C=[N+]1CC(C)(C)[N+]3=C2)c1ncnc2nc[nH]c12. The number of fused-ring (bicyclic) bond motifs is 3. The monoisotopic (exact) mass is 663 g/mol. The summed E-state index contributed by atoms with van der Waals surface area (Å²) in [6, 6.07) is 8.17. The first-order valence-electron chi connectivity index (χ1n) is 17.6. The van der Waals surface area contributed by atoms with Crippen LogP contribution in [0.2, 0.25) is 0 Å². The van der Waals surface area contributed by atoms with Crippen LogP contribution in [0, 0.1) is 0 Å². The highest BCUT2D eigenvalue weighted by atomic mass is 16.7. The Bertz CT molecular complexity index is 2030. The molecule has 3 aliphatic rings. The molecule has 1 N–H and O–H groups in total. The van der Waals surface area contributed by atoms with Gasteiger partial charge < -0.3 is 19.4 Å². The first-order chi connectivity index (χ1) is 22.8. The number of aromatic amines is 1. The number of rotatable bonds is 5. The minimum atomic E-state index is -1.13.